The molecule has 1 aromatic rings. The molecule has 0 spiro atoms. The Hall–Kier alpha value is -1.55. The molecule has 0 saturated carbocycles. The van der Waals surface area contributed by atoms with E-state index < -0.39 is 0 Å². The van der Waals surface area contributed by atoms with E-state index in [1.165, 1.54) is 16.8 Å². The number of amides is 1. The van der Waals surface area contributed by atoms with E-state index >= 15 is 0 Å². The molecule has 1 saturated heterocycles. The van der Waals surface area contributed by atoms with Crippen LogP contribution in [0.5, 0.6) is 0 Å². The van der Waals surface area contributed by atoms with Gasteiger partial charge in [-0.15, -0.1) is 0 Å². The fourth-order valence-corrected chi connectivity index (χ4v) is 3.05. The van der Waals surface area contributed by atoms with Crippen molar-refractivity contribution in [1.82, 2.24) is 10.2 Å². The topological polar surface area (TPSA) is 35.6 Å². The highest BCUT2D eigenvalue weighted by Crippen LogP contribution is 2.24. The first-order chi connectivity index (χ1) is 10.9. The summed E-state index contributed by atoms with van der Waals surface area (Å²) in [6.45, 7) is 15.2. The summed E-state index contributed by atoms with van der Waals surface area (Å²) < 4.78 is 0. The molecule has 0 aliphatic carbocycles. The van der Waals surface area contributed by atoms with Crippen LogP contribution in [0.25, 0.3) is 0 Å². The van der Waals surface area contributed by atoms with Crippen molar-refractivity contribution in [3.05, 3.63) is 29.3 Å². The number of rotatable bonds is 5. The second-order valence-electron chi connectivity index (χ2n) is 7.06. The number of aryl methyl sites for hydroxylation is 1. The lowest BCUT2D eigenvalue weighted by Crippen LogP contribution is -2.54. The van der Waals surface area contributed by atoms with Crippen LogP contribution in [-0.2, 0) is 4.79 Å². The molecular weight excluding hydrogens is 286 g/mol. The smallest absolute Gasteiger partial charge is 0.237 e. The second kappa shape index (κ2) is 7.82. The highest BCUT2D eigenvalue weighted by atomic mass is 16.2. The molecule has 0 radical (unpaired) electrons. The summed E-state index contributed by atoms with van der Waals surface area (Å²) in [4.78, 5) is 17.0. The van der Waals surface area contributed by atoms with E-state index in [1.807, 2.05) is 6.92 Å². The lowest BCUT2D eigenvalue weighted by Gasteiger charge is -2.39. The molecule has 1 aromatic carbocycles. The fourth-order valence-electron chi connectivity index (χ4n) is 3.05. The number of anilines is 1. The Morgan fingerprint density at radius 1 is 1.13 bits per heavy atom. The largest absolute Gasteiger partial charge is 0.369 e. The Bertz CT molecular complexity index is 533. The van der Waals surface area contributed by atoms with Crippen molar-refractivity contribution in [1.29, 1.82) is 0 Å². The lowest BCUT2D eigenvalue weighted by molar-refractivity contribution is -0.126. The maximum atomic E-state index is 12.2. The molecule has 1 aliphatic heterocycles. The van der Waals surface area contributed by atoms with Crippen LogP contribution < -0.4 is 10.2 Å². The monoisotopic (exact) mass is 317 g/mol. The van der Waals surface area contributed by atoms with Gasteiger partial charge in [-0.25, -0.2) is 0 Å². The number of nitrogens with one attached hydrogen (secondary N) is 1. The van der Waals surface area contributed by atoms with Gasteiger partial charge in [0.2, 0.25) is 5.91 Å². The van der Waals surface area contributed by atoms with Crippen LogP contribution in [0, 0.1) is 19.8 Å². The second-order valence-corrected chi connectivity index (χ2v) is 7.06. The van der Waals surface area contributed by atoms with Crippen molar-refractivity contribution in [2.24, 2.45) is 5.92 Å². The van der Waals surface area contributed by atoms with Crippen molar-refractivity contribution in [2.45, 2.75) is 40.7 Å². The third-order valence-corrected chi connectivity index (χ3v) is 4.84. The summed E-state index contributed by atoms with van der Waals surface area (Å²) in [5.74, 6) is 0.645. The molecule has 23 heavy (non-hydrogen) atoms. The molecule has 1 amide bonds. The van der Waals surface area contributed by atoms with Gasteiger partial charge in [0.05, 0.1) is 6.04 Å². The molecule has 1 fully saturated rings. The first-order valence-electron chi connectivity index (χ1n) is 8.73. The van der Waals surface area contributed by atoms with Crippen LogP contribution in [0.3, 0.4) is 0 Å². The third-order valence-electron chi connectivity index (χ3n) is 4.84. The van der Waals surface area contributed by atoms with Crippen molar-refractivity contribution in [3.63, 3.8) is 0 Å². The van der Waals surface area contributed by atoms with Gasteiger partial charge in [0, 0.05) is 38.4 Å². The molecule has 1 atom stereocenters. The van der Waals surface area contributed by atoms with Crippen molar-refractivity contribution in [2.75, 3.05) is 37.6 Å². The van der Waals surface area contributed by atoms with E-state index in [9.17, 15) is 4.79 Å². The maximum Gasteiger partial charge on any atom is 0.237 e. The number of benzene rings is 1. The van der Waals surface area contributed by atoms with Gasteiger partial charge >= 0.3 is 0 Å². The first kappa shape index (κ1) is 17.8. The number of carbonyl (C=O) groups excluding carboxylic acids is 1. The van der Waals surface area contributed by atoms with E-state index in [1.54, 1.807) is 0 Å². The van der Waals surface area contributed by atoms with Crippen molar-refractivity contribution in [3.8, 4) is 0 Å². The Balaban J connectivity index is 1.90. The molecule has 128 valence electrons. The molecule has 1 heterocycles. The van der Waals surface area contributed by atoms with Crippen LogP contribution in [0.15, 0.2) is 18.2 Å². The molecule has 1 N–H and O–H groups in total. The minimum absolute atomic E-state index is 0.0468. The fraction of sp³-hybridized carbons (Fsp3) is 0.632. The van der Waals surface area contributed by atoms with Gasteiger partial charge in [-0.2, -0.15) is 0 Å². The minimum atomic E-state index is -0.0468. The summed E-state index contributed by atoms with van der Waals surface area (Å²) >= 11 is 0. The summed E-state index contributed by atoms with van der Waals surface area (Å²) in [5, 5.41) is 3.04. The normalized spacial score (nSPS) is 17.4. The Morgan fingerprint density at radius 2 is 1.78 bits per heavy atom. The van der Waals surface area contributed by atoms with Gasteiger partial charge < -0.3 is 10.2 Å². The van der Waals surface area contributed by atoms with E-state index in [-0.39, 0.29) is 11.9 Å². The summed E-state index contributed by atoms with van der Waals surface area (Å²) in [6.07, 6.45) is 0. The SMILES string of the molecule is Cc1cccc(N2CCN([C@H](C)C(=O)NCC(C)C)CC2)c1C. The summed E-state index contributed by atoms with van der Waals surface area (Å²) in [6, 6.07) is 6.45. The zero-order valence-electron chi connectivity index (χ0n) is 15.2. The third kappa shape index (κ3) is 4.47. The highest BCUT2D eigenvalue weighted by Gasteiger charge is 2.26. The molecule has 0 aromatic heterocycles. The predicted molar refractivity (Wildman–Crippen MR) is 97.0 cm³/mol. The Labute approximate surface area is 140 Å². The van der Waals surface area contributed by atoms with E-state index in [0.29, 0.717) is 5.92 Å². The lowest BCUT2D eigenvalue weighted by atomic mass is 10.1. The molecule has 4 heteroatoms. The summed E-state index contributed by atoms with van der Waals surface area (Å²) in [5.41, 5.74) is 4.04. The number of hydrogen-bond acceptors (Lipinski definition) is 3. The molecule has 0 bridgehead atoms. The van der Waals surface area contributed by atoms with Gasteiger partial charge in [0.25, 0.3) is 0 Å². The Kier molecular flexibility index (Phi) is 6.05. The van der Waals surface area contributed by atoms with Crippen LogP contribution in [0.2, 0.25) is 0 Å². The van der Waals surface area contributed by atoms with Crippen molar-refractivity contribution < 1.29 is 4.79 Å². The molecule has 1 aliphatic rings. The van der Waals surface area contributed by atoms with Gasteiger partial charge in [0.1, 0.15) is 0 Å². The van der Waals surface area contributed by atoms with E-state index in [0.717, 1.165) is 32.7 Å². The van der Waals surface area contributed by atoms with Crippen LogP contribution in [0.1, 0.15) is 31.9 Å². The zero-order chi connectivity index (χ0) is 17.0. The van der Waals surface area contributed by atoms with Gasteiger partial charge in [-0.05, 0) is 43.9 Å². The predicted octanol–water partition coefficient (Wildman–Crippen LogP) is 2.59. The molecule has 0 unspecified atom stereocenters. The van der Waals surface area contributed by atoms with E-state index in [2.05, 4.69) is 61.0 Å². The van der Waals surface area contributed by atoms with Gasteiger partial charge in [-0.1, -0.05) is 26.0 Å². The molecule has 2 rings (SSSR count). The standard InChI is InChI=1S/C19H31N3O/c1-14(2)13-20-19(23)17(5)21-9-11-22(12-10-21)18-8-6-7-15(3)16(18)4/h6-8,14,17H,9-13H2,1-5H3,(H,20,23)/t17-/m1/s1. The van der Waals surface area contributed by atoms with Gasteiger partial charge in [0.15, 0.2) is 0 Å². The van der Waals surface area contributed by atoms with Crippen LogP contribution in [0.4, 0.5) is 5.69 Å². The summed E-state index contributed by atoms with van der Waals surface area (Å²) in [7, 11) is 0. The Morgan fingerprint density at radius 3 is 2.39 bits per heavy atom. The number of hydrogen-bond donors (Lipinski definition) is 1. The van der Waals surface area contributed by atoms with Crippen LogP contribution in [-0.4, -0.2) is 49.6 Å². The minimum Gasteiger partial charge on any atom is -0.369 e. The van der Waals surface area contributed by atoms with Gasteiger partial charge in [-0.3, -0.25) is 9.69 Å². The number of carbonyl (C=O) groups is 1. The van der Waals surface area contributed by atoms with Crippen molar-refractivity contribution >= 4 is 11.6 Å². The quantitative estimate of drug-likeness (QED) is 0.907. The average Bonchev–Trinajstić information content (AvgIpc) is 2.54. The number of nitrogens with zero attached hydrogens (tertiary/aromatic N) is 2. The molecular formula is C19H31N3O. The first-order valence-corrected chi connectivity index (χ1v) is 8.73. The maximum absolute atomic E-state index is 12.2. The average molecular weight is 317 g/mol. The molecule has 4 nitrogen and oxygen atoms in total. The highest BCUT2D eigenvalue weighted by molar-refractivity contribution is 5.81. The van der Waals surface area contributed by atoms with Crippen LogP contribution >= 0.6 is 0 Å². The van der Waals surface area contributed by atoms with E-state index in [4.69, 9.17) is 0 Å². The number of piperazine rings is 1. The zero-order valence-corrected chi connectivity index (χ0v) is 15.2.